The molecule has 19 heavy (non-hydrogen) atoms. The van der Waals surface area contributed by atoms with Crippen LogP contribution in [0.4, 0.5) is 5.69 Å². The van der Waals surface area contributed by atoms with Gasteiger partial charge in [0, 0.05) is 23.6 Å². The Hall–Kier alpha value is -2.14. The number of benzene rings is 1. The summed E-state index contributed by atoms with van der Waals surface area (Å²) < 4.78 is 1.58. The van der Waals surface area contributed by atoms with Crippen molar-refractivity contribution < 1.29 is 9.90 Å². The second-order valence-corrected chi connectivity index (χ2v) is 4.41. The van der Waals surface area contributed by atoms with Crippen molar-refractivity contribution in [1.82, 2.24) is 9.78 Å². The first-order chi connectivity index (χ1) is 9.09. The predicted molar refractivity (Wildman–Crippen MR) is 72.6 cm³/mol. The average Bonchev–Trinajstić information content (AvgIpc) is 2.92. The molecule has 0 fully saturated rings. The largest absolute Gasteiger partial charge is 0.389 e. The molecule has 1 amide bonds. The topological polar surface area (TPSA) is 67.2 Å². The van der Waals surface area contributed by atoms with E-state index in [-0.39, 0.29) is 5.91 Å². The first-order valence-electron chi connectivity index (χ1n) is 6.16. The number of rotatable bonds is 4. The average molecular weight is 259 g/mol. The number of carbonyl (C=O) groups is 1. The summed E-state index contributed by atoms with van der Waals surface area (Å²) in [6.07, 6.45) is 2.75. The maximum absolute atomic E-state index is 12.1. The van der Waals surface area contributed by atoms with Crippen molar-refractivity contribution in [3.63, 3.8) is 0 Å². The Bertz CT molecular complexity index is 550. The van der Waals surface area contributed by atoms with E-state index in [1.807, 2.05) is 12.1 Å². The van der Waals surface area contributed by atoms with Crippen molar-refractivity contribution in [2.75, 3.05) is 5.32 Å². The van der Waals surface area contributed by atoms with Crippen molar-refractivity contribution in [2.45, 2.75) is 26.0 Å². The number of nitrogens with zero attached hydrogens (tertiary/aromatic N) is 2. The number of amides is 1. The van der Waals surface area contributed by atoms with Crippen molar-refractivity contribution in [2.24, 2.45) is 0 Å². The van der Waals surface area contributed by atoms with E-state index in [2.05, 4.69) is 10.4 Å². The van der Waals surface area contributed by atoms with Crippen LogP contribution in [0.1, 0.15) is 31.6 Å². The highest BCUT2D eigenvalue weighted by Gasteiger charge is 2.17. The van der Waals surface area contributed by atoms with E-state index in [1.54, 1.807) is 49.1 Å². The number of hydrogen-bond acceptors (Lipinski definition) is 3. The molecule has 0 spiro atoms. The van der Waals surface area contributed by atoms with Gasteiger partial charge in [0.2, 0.25) is 5.91 Å². The zero-order valence-electron chi connectivity index (χ0n) is 10.9. The smallest absolute Gasteiger partial charge is 0.248 e. The van der Waals surface area contributed by atoms with Gasteiger partial charge in [0.1, 0.15) is 6.04 Å². The van der Waals surface area contributed by atoms with Crippen LogP contribution >= 0.6 is 0 Å². The fourth-order valence-electron chi connectivity index (χ4n) is 1.84. The van der Waals surface area contributed by atoms with Crippen LogP contribution in [0.3, 0.4) is 0 Å². The molecule has 2 rings (SSSR count). The molecule has 1 aromatic heterocycles. The number of aromatic nitrogens is 2. The molecule has 0 aliphatic rings. The Labute approximate surface area is 111 Å². The van der Waals surface area contributed by atoms with Crippen LogP contribution in [0.15, 0.2) is 42.7 Å². The second kappa shape index (κ2) is 5.67. The molecule has 2 atom stereocenters. The molecule has 1 aromatic carbocycles. The van der Waals surface area contributed by atoms with Gasteiger partial charge < -0.3 is 10.4 Å². The highest BCUT2D eigenvalue weighted by Crippen LogP contribution is 2.23. The number of nitrogens with one attached hydrogen (secondary N) is 1. The van der Waals surface area contributed by atoms with Crippen LogP contribution in [0.2, 0.25) is 0 Å². The summed E-state index contributed by atoms with van der Waals surface area (Å²) in [5.74, 6) is -0.170. The van der Waals surface area contributed by atoms with Gasteiger partial charge in [0.15, 0.2) is 0 Å². The zero-order valence-corrected chi connectivity index (χ0v) is 10.9. The first-order valence-corrected chi connectivity index (χ1v) is 6.16. The maximum atomic E-state index is 12.1. The summed E-state index contributed by atoms with van der Waals surface area (Å²) in [6.45, 7) is 3.44. The lowest BCUT2D eigenvalue weighted by molar-refractivity contribution is -0.119. The van der Waals surface area contributed by atoms with E-state index in [0.29, 0.717) is 11.3 Å². The molecule has 2 unspecified atom stereocenters. The molecule has 100 valence electrons. The van der Waals surface area contributed by atoms with Crippen LogP contribution in [-0.2, 0) is 4.79 Å². The van der Waals surface area contributed by atoms with Crippen molar-refractivity contribution in [3.8, 4) is 0 Å². The molecule has 0 bridgehead atoms. The molecule has 0 saturated carbocycles. The van der Waals surface area contributed by atoms with Gasteiger partial charge in [-0.2, -0.15) is 5.10 Å². The first kappa shape index (κ1) is 13.3. The summed E-state index contributed by atoms with van der Waals surface area (Å²) in [4.78, 5) is 12.1. The van der Waals surface area contributed by atoms with Gasteiger partial charge in [-0.1, -0.05) is 18.2 Å². The van der Waals surface area contributed by atoms with Gasteiger partial charge in [0.05, 0.1) is 6.10 Å². The quantitative estimate of drug-likeness (QED) is 0.884. The molecule has 5 nitrogen and oxygen atoms in total. The molecule has 0 saturated heterocycles. The van der Waals surface area contributed by atoms with E-state index in [4.69, 9.17) is 0 Å². The fraction of sp³-hybridized carbons (Fsp3) is 0.286. The number of anilines is 1. The van der Waals surface area contributed by atoms with Gasteiger partial charge in [-0.05, 0) is 26.0 Å². The van der Waals surface area contributed by atoms with E-state index < -0.39 is 12.1 Å². The SMILES string of the molecule is CC(O)c1ccccc1NC(=O)C(C)n1cccn1. The Balaban J connectivity index is 2.15. The third-order valence-corrected chi connectivity index (χ3v) is 2.97. The monoisotopic (exact) mass is 259 g/mol. The van der Waals surface area contributed by atoms with Gasteiger partial charge in [-0.25, -0.2) is 0 Å². The summed E-state index contributed by atoms with van der Waals surface area (Å²) in [7, 11) is 0. The molecule has 1 heterocycles. The van der Waals surface area contributed by atoms with Gasteiger partial charge in [-0.15, -0.1) is 0 Å². The molecular formula is C14H17N3O2. The number of para-hydroxylation sites is 1. The zero-order chi connectivity index (χ0) is 13.8. The third-order valence-electron chi connectivity index (χ3n) is 2.97. The van der Waals surface area contributed by atoms with Crippen molar-refractivity contribution in [3.05, 3.63) is 48.3 Å². The van der Waals surface area contributed by atoms with E-state index in [1.165, 1.54) is 0 Å². The minimum atomic E-state index is -0.628. The number of aliphatic hydroxyl groups excluding tert-OH is 1. The molecule has 2 N–H and O–H groups in total. The second-order valence-electron chi connectivity index (χ2n) is 4.41. The van der Waals surface area contributed by atoms with Gasteiger partial charge in [-0.3, -0.25) is 9.48 Å². The molecule has 0 aliphatic carbocycles. The van der Waals surface area contributed by atoms with Crippen LogP contribution in [0.5, 0.6) is 0 Å². The summed E-state index contributed by atoms with van der Waals surface area (Å²) in [6, 6.07) is 8.58. The van der Waals surface area contributed by atoms with E-state index in [9.17, 15) is 9.90 Å². The fourth-order valence-corrected chi connectivity index (χ4v) is 1.84. The number of carbonyl (C=O) groups excluding carboxylic acids is 1. The molecule has 0 radical (unpaired) electrons. The lowest BCUT2D eigenvalue weighted by Crippen LogP contribution is -2.24. The highest BCUT2D eigenvalue weighted by molar-refractivity contribution is 5.94. The predicted octanol–water partition coefficient (Wildman–Crippen LogP) is 2.14. The number of aliphatic hydroxyl groups is 1. The Kier molecular flexibility index (Phi) is 3.97. The van der Waals surface area contributed by atoms with Crippen molar-refractivity contribution in [1.29, 1.82) is 0 Å². The minimum Gasteiger partial charge on any atom is -0.389 e. The molecular weight excluding hydrogens is 242 g/mol. The normalized spacial score (nSPS) is 13.8. The van der Waals surface area contributed by atoms with Gasteiger partial charge in [0.25, 0.3) is 0 Å². The van der Waals surface area contributed by atoms with Crippen molar-refractivity contribution >= 4 is 11.6 Å². The number of hydrogen-bond donors (Lipinski definition) is 2. The molecule has 5 heteroatoms. The Morgan fingerprint density at radius 3 is 2.68 bits per heavy atom. The summed E-state index contributed by atoms with van der Waals surface area (Å²) >= 11 is 0. The minimum absolute atomic E-state index is 0.170. The van der Waals surface area contributed by atoms with E-state index in [0.717, 1.165) is 0 Å². The maximum Gasteiger partial charge on any atom is 0.248 e. The Morgan fingerprint density at radius 1 is 1.32 bits per heavy atom. The van der Waals surface area contributed by atoms with E-state index >= 15 is 0 Å². The van der Waals surface area contributed by atoms with Crippen LogP contribution in [0, 0.1) is 0 Å². The lowest BCUT2D eigenvalue weighted by atomic mass is 10.1. The highest BCUT2D eigenvalue weighted by atomic mass is 16.3. The Morgan fingerprint density at radius 2 is 2.05 bits per heavy atom. The summed E-state index contributed by atoms with van der Waals surface area (Å²) in [5, 5.41) is 16.5. The van der Waals surface area contributed by atoms with Crippen LogP contribution in [0.25, 0.3) is 0 Å². The molecule has 2 aromatic rings. The van der Waals surface area contributed by atoms with Crippen LogP contribution in [-0.4, -0.2) is 20.8 Å². The molecule has 0 aliphatic heterocycles. The lowest BCUT2D eigenvalue weighted by Gasteiger charge is -2.16. The summed E-state index contributed by atoms with van der Waals surface area (Å²) in [5.41, 5.74) is 1.32. The third kappa shape index (κ3) is 3.00. The standard InChI is InChI=1S/C14H17N3O2/c1-10(17-9-5-8-15-17)14(19)16-13-7-4-3-6-12(13)11(2)18/h3-11,18H,1-2H3,(H,16,19). The van der Waals surface area contributed by atoms with Crippen LogP contribution < -0.4 is 5.32 Å². The van der Waals surface area contributed by atoms with Gasteiger partial charge >= 0.3 is 0 Å².